The van der Waals surface area contributed by atoms with Gasteiger partial charge in [0.05, 0.1) is 0 Å². The van der Waals surface area contributed by atoms with Crippen LogP contribution >= 0.6 is 15.8 Å². The fourth-order valence-electron chi connectivity index (χ4n) is 3.63. The molecule has 214 valence electrons. The van der Waals surface area contributed by atoms with Crippen molar-refractivity contribution in [3.63, 3.8) is 0 Å². The van der Waals surface area contributed by atoms with E-state index >= 15 is 0 Å². The zero-order chi connectivity index (χ0) is 28.8. The van der Waals surface area contributed by atoms with Gasteiger partial charge in [-0.05, 0) is 56.4 Å². The van der Waals surface area contributed by atoms with Gasteiger partial charge in [-0.1, -0.05) is 19.1 Å². The van der Waals surface area contributed by atoms with Crippen molar-refractivity contribution in [1.29, 1.82) is 0 Å². The zero-order valence-corrected chi connectivity index (χ0v) is 24.7. The summed E-state index contributed by atoms with van der Waals surface area (Å²) in [7, 11) is -0.761. The van der Waals surface area contributed by atoms with Crippen molar-refractivity contribution in [2.75, 3.05) is 48.8 Å². The molecule has 2 aromatic rings. The van der Waals surface area contributed by atoms with E-state index in [0.29, 0.717) is 12.1 Å². The van der Waals surface area contributed by atoms with Gasteiger partial charge in [0.1, 0.15) is 11.0 Å². The number of hydrogen-bond donors (Lipinski definition) is 0. The number of halogens is 6. The van der Waals surface area contributed by atoms with Crippen molar-refractivity contribution in [3.8, 4) is 0 Å². The Labute approximate surface area is 210 Å². The molecule has 0 aliphatic rings. The van der Waals surface area contributed by atoms with Crippen molar-refractivity contribution in [3.05, 3.63) is 24.3 Å². The number of benzene rings is 1. The molecule has 1 heterocycles. The normalized spacial score (nSPS) is 14.6. The van der Waals surface area contributed by atoms with E-state index in [2.05, 4.69) is 63.8 Å². The predicted molar refractivity (Wildman–Crippen MR) is 138 cm³/mol. The fourth-order valence-corrected chi connectivity index (χ4v) is 6.54. The standard InChI is InChI=1S/C12H22N6OP.C8H19N.F6P/c1-15(2)20(16(3)4,17(5)6)19-18-12-10-8-7-9-11(12)13-14-18;1-6-9(7(2)3)8(4)5;1-7(2,3,4,5)6/h7-10H,1-6H3;7-8H,6H2,1-5H3;/q+1;;-1. The van der Waals surface area contributed by atoms with E-state index in [1.165, 1.54) is 4.85 Å². The van der Waals surface area contributed by atoms with Crippen molar-refractivity contribution >= 4 is 26.8 Å². The molecule has 0 N–H and O–H groups in total. The molecule has 0 fully saturated rings. The second kappa shape index (κ2) is 12.0. The van der Waals surface area contributed by atoms with Crippen LogP contribution in [0.3, 0.4) is 0 Å². The molecule has 0 unspecified atom stereocenters. The van der Waals surface area contributed by atoms with Gasteiger partial charge in [0.2, 0.25) is 0 Å². The number of hydrogen-bond acceptors (Lipinski definition) is 7. The molecule has 36 heavy (non-hydrogen) atoms. The van der Waals surface area contributed by atoms with E-state index in [1.54, 1.807) is 0 Å². The van der Waals surface area contributed by atoms with E-state index < -0.39 is 15.8 Å². The third-order valence-corrected chi connectivity index (χ3v) is 8.26. The molecule has 0 amide bonds. The first-order chi connectivity index (χ1) is 15.9. The molecule has 1 aromatic heterocycles. The van der Waals surface area contributed by atoms with Crippen LogP contribution in [0.1, 0.15) is 34.6 Å². The Morgan fingerprint density at radius 3 is 1.53 bits per heavy atom. The first-order valence-electron chi connectivity index (χ1n) is 11.2. The van der Waals surface area contributed by atoms with Gasteiger partial charge in [-0.2, -0.15) is 4.62 Å². The predicted octanol–water partition coefficient (Wildman–Crippen LogP) is 6.73. The third-order valence-electron chi connectivity index (χ3n) is 4.76. The summed E-state index contributed by atoms with van der Waals surface area (Å²) in [4.78, 5) is 3.98. The van der Waals surface area contributed by atoms with Gasteiger partial charge in [-0.15, -0.1) is 19.1 Å². The van der Waals surface area contributed by atoms with Crippen LogP contribution in [0.25, 0.3) is 11.0 Å². The van der Waals surface area contributed by atoms with E-state index in [0.717, 1.165) is 17.6 Å². The minimum absolute atomic E-state index is 0.690. The number of fused-ring (bicyclic) bond motifs is 1. The first kappa shape index (κ1) is 34.7. The Hall–Kier alpha value is -1.30. The number of nitrogens with zero attached hydrogens (tertiary/aromatic N) is 7. The molecule has 0 bridgehead atoms. The van der Waals surface area contributed by atoms with Crippen LogP contribution in [0.5, 0.6) is 0 Å². The molecule has 0 saturated heterocycles. The van der Waals surface area contributed by atoms with Crippen molar-refractivity contribution < 1.29 is 29.8 Å². The van der Waals surface area contributed by atoms with Crippen LogP contribution in [0.4, 0.5) is 25.2 Å². The number of aromatic nitrogens is 3. The quantitative estimate of drug-likeness (QED) is 0.257. The van der Waals surface area contributed by atoms with Gasteiger partial charge < -0.3 is 0 Å². The zero-order valence-electron chi connectivity index (χ0n) is 22.9. The van der Waals surface area contributed by atoms with Gasteiger partial charge in [-0.3, -0.25) is 4.90 Å². The molecular weight excluding hydrogens is 530 g/mol. The molecule has 0 radical (unpaired) electrons. The van der Waals surface area contributed by atoms with Crippen LogP contribution in [-0.4, -0.2) is 95.0 Å². The topological polar surface area (TPSA) is 52.9 Å². The molecule has 0 spiro atoms. The Balaban J connectivity index is 0.000000635. The third kappa shape index (κ3) is 12.3. The minimum atomic E-state index is -10.7. The second-order valence-electron chi connectivity index (χ2n) is 9.06. The molecule has 16 heteroatoms. The average molecular weight is 572 g/mol. The summed E-state index contributed by atoms with van der Waals surface area (Å²) in [6, 6.07) is 9.14. The summed E-state index contributed by atoms with van der Waals surface area (Å²) in [5.74, 6) is 0. The summed E-state index contributed by atoms with van der Waals surface area (Å²) >= 11 is 0. The monoisotopic (exact) mass is 571 g/mol. The van der Waals surface area contributed by atoms with Crippen molar-refractivity contribution in [2.45, 2.75) is 46.7 Å². The molecule has 0 saturated carbocycles. The average Bonchev–Trinajstić information content (AvgIpc) is 3.06. The van der Waals surface area contributed by atoms with Crippen LogP contribution in [0.15, 0.2) is 24.3 Å². The summed E-state index contributed by atoms with van der Waals surface area (Å²) in [6.07, 6.45) is 0. The summed E-state index contributed by atoms with van der Waals surface area (Å²) < 4.78 is 71.7. The van der Waals surface area contributed by atoms with Crippen LogP contribution < -0.4 is 4.62 Å². The van der Waals surface area contributed by atoms with E-state index in [1.807, 2.05) is 66.6 Å². The Morgan fingerprint density at radius 2 is 1.22 bits per heavy atom. The fraction of sp³-hybridized carbons (Fsp3) is 0.700. The Morgan fingerprint density at radius 1 is 0.833 bits per heavy atom. The van der Waals surface area contributed by atoms with Gasteiger partial charge in [0, 0.05) is 54.4 Å². The first-order valence-corrected chi connectivity index (χ1v) is 14.8. The summed E-state index contributed by atoms with van der Waals surface area (Å²) in [5, 5.41) is 8.25. The second-order valence-corrected chi connectivity index (χ2v) is 14.6. The van der Waals surface area contributed by atoms with Gasteiger partial charge in [-0.25, -0.2) is 0 Å². The van der Waals surface area contributed by atoms with Crippen LogP contribution in [0.2, 0.25) is 0 Å². The van der Waals surface area contributed by atoms with Gasteiger partial charge in [0.15, 0.2) is 0 Å². The summed E-state index contributed by atoms with van der Waals surface area (Å²) in [5.41, 5.74) is 1.68. The van der Waals surface area contributed by atoms with Gasteiger partial charge >= 0.3 is 40.9 Å². The SMILES string of the molecule is CCN(C(C)C)C(C)C.CN(C)[P+](On1nnc2ccccc21)(N(C)C)N(C)C.F[P-](F)(F)(F)(F)F. The number of rotatable bonds is 8. The van der Waals surface area contributed by atoms with Crippen molar-refractivity contribution in [1.82, 2.24) is 34.1 Å². The Kier molecular flexibility index (Phi) is 11.6. The van der Waals surface area contributed by atoms with Crippen molar-refractivity contribution in [2.24, 2.45) is 0 Å². The van der Waals surface area contributed by atoms with Crippen LogP contribution in [0, 0.1) is 0 Å². The van der Waals surface area contributed by atoms with E-state index in [4.69, 9.17) is 4.62 Å². The number of para-hydroxylation sites is 1. The van der Waals surface area contributed by atoms with Gasteiger partial charge in [0.25, 0.3) is 0 Å². The molecular formula is C20H41F6N7OP2. The Bertz CT molecular complexity index is 897. The summed E-state index contributed by atoms with van der Waals surface area (Å²) in [6.45, 7) is 12.3. The van der Waals surface area contributed by atoms with E-state index in [-0.39, 0.29) is 0 Å². The molecule has 0 atom stereocenters. The maximum absolute atomic E-state index is 10.7. The molecule has 2 rings (SSSR count). The molecule has 1 aromatic carbocycles. The molecule has 8 nitrogen and oxygen atoms in total. The molecule has 0 aliphatic heterocycles. The van der Waals surface area contributed by atoms with Crippen LogP contribution in [-0.2, 0) is 0 Å². The molecule has 0 aliphatic carbocycles. The van der Waals surface area contributed by atoms with E-state index in [9.17, 15) is 25.2 Å². The maximum atomic E-state index is 9.87.